The fraction of sp³-hybridized carbons (Fsp3) is 0.391. The topological polar surface area (TPSA) is 75.6 Å². The lowest BCUT2D eigenvalue weighted by Gasteiger charge is -2.24. The molecular weight excluding hydrogens is 354 g/mol. The minimum absolute atomic E-state index is 0.116. The molecule has 0 fully saturated rings. The number of ketones is 1. The normalized spacial score (nSPS) is 11.2. The summed E-state index contributed by atoms with van der Waals surface area (Å²) < 4.78 is 5.86. The molecule has 0 saturated heterocycles. The fourth-order valence-electron chi connectivity index (χ4n) is 2.82. The van der Waals surface area contributed by atoms with Gasteiger partial charge in [0.25, 0.3) is 0 Å². The van der Waals surface area contributed by atoms with Gasteiger partial charge in [0, 0.05) is 11.0 Å². The quantitative estimate of drug-likeness (QED) is 0.381. The number of hydrogen-bond acceptors (Lipinski definition) is 4. The number of hydrogen-bond donors (Lipinski definition) is 2. The van der Waals surface area contributed by atoms with Gasteiger partial charge in [-0.2, -0.15) is 0 Å². The second-order valence-corrected chi connectivity index (χ2v) is 7.85. The third-order valence-electron chi connectivity index (χ3n) is 4.81. The van der Waals surface area contributed by atoms with Crippen molar-refractivity contribution < 1.29 is 19.4 Å². The average Bonchev–Trinajstić information content (AvgIpc) is 2.62. The van der Waals surface area contributed by atoms with E-state index in [0.717, 1.165) is 23.3 Å². The molecule has 0 heterocycles. The molecule has 2 rings (SSSR count). The zero-order valence-electron chi connectivity index (χ0n) is 17.3. The van der Waals surface area contributed by atoms with Gasteiger partial charge in [-0.25, -0.2) is 0 Å². The van der Waals surface area contributed by atoms with Crippen molar-refractivity contribution in [1.82, 2.24) is 0 Å². The maximum absolute atomic E-state index is 12.6. The zero-order valence-corrected chi connectivity index (χ0v) is 17.3. The number of nitrogens with one attached hydrogen (secondary N) is 1. The molecule has 2 aromatic carbocycles. The Kier molecular flexibility index (Phi) is 6.84. The lowest BCUT2D eigenvalue weighted by atomic mass is 9.86. The maximum Gasteiger partial charge on any atom is 0.230 e. The summed E-state index contributed by atoms with van der Waals surface area (Å²) >= 11 is 0. The number of amides is 1. The van der Waals surface area contributed by atoms with Crippen LogP contribution in [0.5, 0.6) is 11.5 Å². The number of aromatic hydroxyl groups is 1. The van der Waals surface area contributed by atoms with E-state index in [9.17, 15) is 14.7 Å². The molecule has 0 bridgehead atoms. The van der Waals surface area contributed by atoms with Gasteiger partial charge in [-0.15, -0.1) is 0 Å². The molecule has 2 N–H and O–H groups in total. The Morgan fingerprint density at radius 1 is 1.11 bits per heavy atom. The summed E-state index contributed by atoms with van der Waals surface area (Å²) in [4.78, 5) is 24.0. The number of anilines is 1. The number of aryl methyl sites for hydroxylation is 2. The van der Waals surface area contributed by atoms with Gasteiger partial charge in [0.2, 0.25) is 5.91 Å². The van der Waals surface area contributed by atoms with Crippen LogP contribution in [0.3, 0.4) is 0 Å². The van der Waals surface area contributed by atoms with Crippen LogP contribution in [0.4, 0.5) is 5.69 Å². The van der Waals surface area contributed by atoms with Crippen LogP contribution in [-0.4, -0.2) is 23.4 Å². The van der Waals surface area contributed by atoms with E-state index in [1.807, 2.05) is 45.9 Å². The molecule has 0 aliphatic heterocycles. The summed E-state index contributed by atoms with van der Waals surface area (Å²) in [7, 11) is 0. The summed E-state index contributed by atoms with van der Waals surface area (Å²) in [6, 6.07) is 10.6. The Labute approximate surface area is 166 Å². The molecule has 5 nitrogen and oxygen atoms in total. The molecule has 28 heavy (non-hydrogen) atoms. The highest BCUT2D eigenvalue weighted by molar-refractivity contribution is 5.98. The van der Waals surface area contributed by atoms with Crippen molar-refractivity contribution in [2.45, 2.75) is 47.5 Å². The molecule has 0 aromatic heterocycles. The first kappa shape index (κ1) is 21.5. The highest BCUT2D eigenvalue weighted by atomic mass is 16.5. The summed E-state index contributed by atoms with van der Waals surface area (Å²) in [6.45, 7) is 9.71. The van der Waals surface area contributed by atoms with Gasteiger partial charge < -0.3 is 15.2 Å². The van der Waals surface area contributed by atoms with E-state index in [1.165, 1.54) is 13.0 Å². The van der Waals surface area contributed by atoms with E-state index in [2.05, 4.69) is 5.32 Å². The number of ether oxygens (including phenoxy) is 1. The second kappa shape index (κ2) is 8.91. The van der Waals surface area contributed by atoms with Crippen molar-refractivity contribution >= 4 is 17.4 Å². The number of carbonyl (C=O) groups is 2. The van der Waals surface area contributed by atoms with Crippen LogP contribution < -0.4 is 10.1 Å². The molecule has 0 unspecified atom stereocenters. The summed E-state index contributed by atoms with van der Waals surface area (Å²) in [5, 5.41) is 12.8. The molecule has 0 spiro atoms. The zero-order chi connectivity index (χ0) is 20.9. The predicted molar refractivity (Wildman–Crippen MR) is 111 cm³/mol. The summed E-state index contributed by atoms with van der Waals surface area (Å²) in [6.07, 6.45) is 1.36. The Bertz CT molecular complexity index is 871. The Morgan fingerprint density at radius 2 is 1.82 bits per heavy atom. The molecule has 5 heteroatoms. The van der Waals surface area contributed by atoms with E-state index in [-0.39, 0.29) is 17.4 Å². The van der Waals surface area contributed by atoms with Gasteiger partial charge in [0.1, 0.15) is 11.5 Å². The van der Waals surface area contributed by atoms with E-state index in [0.29, 0.717) is 24.3 Å². The Morgan fingerprint density at radius 3 is 2.46 bits per heavy atom. The van der Waals surface area contributed by atoms with Crippen molar-refractivity contribution in [3.8, 4) is 11.5 Å². The van der Waals surface area contributed by atoms with E-state index >= 15 is 0 Å². The monoisotopic (exact) mass is 383 g/mol. The highest BCUT2D eigenvalue weighted by Crippen LogP contribution is 2.29. The van der Waals surface area contributed by atoms with Crippen LogP contribution in [0.2, 0.25) is 0 Å². The lowest BCUT2D eigenvalue weighted by molar-refractivity contribution is -0.124. The van der Waals surface area contributed by atoms with Crippen LogP contribution >= 0.6 is 0 Å². The first-order valence-corrected chi connectivity index (χ1v) is 9.45. The first-order valence-electron chi connectivity index (χ1n) is 9.45. The second-order valence-electron chi connectivity index (χ2n) is 7.85. The molecule has 0 radical (unpaired) electrons. The molecule has 2 aromatic rings. The first-order chi connectivity index (χ1) is 13.1. The van der Waals surface area contributed by atoms with E-state index in [4.69, 9.17) is 4.74 Å². The highest BCUT2D eigenvalue weighted by Gasteiger charge is 2.28. The van der Waals surface area contributed by atoms with Crippen LogP contribution in [0.15, 0.2) is 36.4 Å². The van der Waals surface area contributed by atoms with Gasteiger partial charge in [0.15, 0.2) is 5.78 Å². The third kappa shape index (κ3) is 5.59. The molecule has 0 atom stereocenters. The third-order valence-corrected chi connectivity index (χ3v) is 4.81. The number of benzene rings is 2. The van der Waals surface area contributed by atoms with E-state index < -0.39 is 5.41 Å². The number of phenolic OH excluding ortho intramolecular Hbond substituents is 1. The maximum atomic E-state index is 12.6. The number of Topliss-reactive ketones (excluding diaryl/α,β-unsaturated/α-hetero) is 1. The summed E-state index contributed by atoms with van der Waals surface area (Å²) in [5.41, 5.74) is 2.31. The minimum atomic E-state index is -0.628. The molecule has 0 saturated carbocycles. The molecular formula is C23H29NO4. The molecule has 150 valence electrons. The van der Waals surface area contributed by atoms with Crippen LogP contribution in [0.1, 0.15) is 55.1 Å². The van der Waals surface area contributed by atoms with E-state index in [1.54, 1.807) is 12.1 Å². The van der Waals surface area contributed by atoms with Crippen molar-refractivity contribution in [3.63, 3.8) is 0 Å². The van der Waals surface area contributed by atoms with Crippen molar-refractivity contribution in [2.24, 2.45) is 5.41 Å². The smallest absolute Gasteiger partial charge is 0.230 e. The number of rotatable bonds is 8. The van der Waals surface area contributed by atoms with Gasteiger partial charge in [-0.1, -0.05) is 26.0 Å². The summed E-state index contributed by atoms with van der Waals surface area (Å²) in [5.74, 6) is 0.426. The number of carbonyl (C=O) groups excluding carboxylic acids is 2. The molecule has 1 amide bonds. The average molecular weight is 383 g/mol. The number of phenols is 1. The Hall–Kier alpha value is -2.82. The Balaban J connectivity index is 1.90. The largest absolute Gasteiger partial charge is 0.506 e. The predicted octanol–water partition coefficient (Wildman–Crippen LogP) is 5.04. The van der Waals surface area contributed by atoms with Crippen molar-refractivity contribution in [1.29, 1.82) is 0 Å². The molecule has 0 aliphatic carbocycles. The van der Waals surface area contributed by atoms with Gasteiger partial charge in [-0.3, -0.25) is 9.59 Å². The fourth-order valence-corrected chi connectivity index (χ4v) is 2.82. The lowest BCUT2D eigenvalue weighted by Crippen LogP contribution is -2.31. The SMILES string of the molecule is CC(=O)c1ccc(NC(=O)C(C)(C)CCCOc2cc(C)ccc2C)c(O)c1. The van der Waals surface area contributed by atoms with Crippen molar-refractivity contribution in [2.75, 3.05) is 11.9 Å². The van der Waals surface area contributed by atoms with Gasteiger partial charge >= 0.3 is 0 Å². The van der Waals surface area contributed by atoms with Gasteiger partial charge in [-0.05, 0) is 69.0 Å². The minimum Gasteiger partial charge on any atom is -0.506 e. The van der Waals surface area contributed by atoms with Crippen LogP contribution in [-0.2, 0) is 4.79 Å². The molecule has 0 aliphatic rings. The van der Waals surface area contributed by atoms with Gasteiger partial charge in [0.05, 0.1) is 12.3 Å². The van der Waals surface area contributed by atoms with Crippen LogP contribution in [0.25, 0.3) is 0 Å². The van der Waals surface area contributed by atoms with Crippen LogP contribution in [0, 0.1) is 19.3 Å². The van der Waals surface area contributed by atoms with Crippen molar-refractivity contribution in [3.05, 3.63) is 53.1 Å². The standard InChI is InChI=1S/C23H29NO4/c1-15-7-8-16(2)21(13-15)28-12-6-11-23(4,5)22(27)24-19-10-9-18(17(3)25)14-20(19)26/h7-10,13-14,26H,6,11-12H2,1-5H3,(H,24,27).